The van der Waals surface area contributed by atoms with Crippen molar-refractivity contribution in [1.82, 2.24) is 15.1 Å². The highest BCUT2D eigenvalue weighted by atomic mass is 16.6. The Balaban J connectivity index is 1.93. The van der Waals surface area contributed by atoms with Crippen molar-refractivity contribution in [3.63, 3.8) is 0 Å². The monoisotopic (exact) mass is 589 g/mol. The molecule has 10 heteroatoms. The summed E-state index contributed by atoms with van der Waals surface area (Å²) in [5.41, 5.74) is -1.18. The van der Waals surface area contributed by atoms with Crippen LogP contribution in [0.3, 0.4) is 0 Å². The first-order valence-electron chi connectivity index (χ1n) is 15.6. The third kappa shape index (κ3) is 6.75. The lowest BCUT2D eigenvalue weighted by Crippen LogP contribution is -2.60. The second-order valence-electron chi connectivity index (χ2n) is 12.6. The van der Waals surface area contributed by atoms with E-state index in [0.29, 0.717) is 38.6 Å². The number of nitrogens with one attached hydrogen (secondary N) is 1. The van der Waals surface area contributed by atoms with E-state index in [0.717, 1.165) is 12.8 Å². The topological polar surface area (TPSA) is 125 Å². The average molecular weight is 590 g/mol. The molecule has 0 saturated carbocycles. The van der Waals surface area contributed by atoms with Gasteiger partial charge in [0.15, 0.2) is 0 Å². The lowest BCUT2D eigenvalue weighted by Gasteiger charge is -2.41. The predicted molar refractivity (Wildman–Crippen MR) is 159 cm³/mol. The van der Waals surface area contributed by atoms with Crippen LogP contribution in [0.15, 0.2) is 25.3 Å². The van der Waals surface area contributed by atoms with Gasteiger partial charge in [0.05, 0.1) is 37.1 Å². The highest BCUT2D eigenvalue weighted by molar-refractivity contribution is 5.98. The number of esters is 1. The Hall–Kier alpha value is -2.72. The van der Waals surface area contributed by atoms with Crippen LogP contribution in [0, 0.1) is 17.8 Å². The molecule has 1 spiro atoms. The van der Waals surface area contributed by atoms with Gasteiger partial charge in [0.25, 0.3) is 0 Å². The lowest BCUT2D eigenvalue weighted by atomic mass is 9.70. The molecule has 3 rings (SSSR count). The number of aliphatic hydroxyl groups excluding tert-OH is 1. The van der Waals surface area contributed by atoms with Crippen LogP contribution in [0.2, 0.25) is 0 Å². The number of carbonyl (C=O) groups is 4. The molecule has 10 nitrogen and oxygen atoms in total. The van der Waals surface area contributed by atoms with E-state index in [2.05, 4.69) is 25.4 Å². The van der Waals surface area contributed by atoms with Crippen molar-refractivity contribution >= 4 is 23.7 Å². The Labute approximate surface area is 250 Å². The number of aliphatic hydroxyl groups is 1. The highest BCUT2D eigenvalue weighted by Crippen LogP contribution is 2.59. The van der Waals surface area contributed by atoms with E-state index in [1.54, 1.807) is 24.0 Å². The van der Waals surface area contributed by atoms with Gasteiger partial charge in [-0.2, -0.15) is 0 Å². The van der Waals surface area contributed by atoms with Crippen LogP contribution in [-0.4, -0.2) is 94.2 Å². The number of hydrogen-bond donors (Lipinski definition) is 2. The summed E-state index contributed by atoms with van der Waals surface area (Å²) in [5, 5.41) is 13.2. The van der Waals surface area contributed by atoms with Crippen LogP contribution in [-0.2, 0) is 28.7 Å². The Kier molecular flexibility index (Phi) is 11.8. The summed E-state index contributed by atoms with van der Waals surface area (Å²) < 4.78 is 12.3. The third-order valence-corrected chi connectivity index (χ3v) is 8.92. The molecule has 3 aliphatic rings. The van der Waals surface area contributed by atoms with Crippen molar-refractivity contribution in [3.8, 4) is 0 Å². The maximum absolute atomic E-state index is 14.5. The number of rotatable bonds is 17. The van der Waals surface area contributed by atoms with Gasteiger partial charge in [-0.3, -0.25) is 19.2 Å². The van der Waals surface area contributed by atoms with Crippen molar-refractivity contribution in [3.05, 3.63) is 25.3 Å². The minimum atomic E-state index is -1.18. The first-order chi connectivity index (χ1) is 20.0. The number of likely N-dealkylation sites (tertiary alicyclic amines) is 1. The number of hydrogen-bond acceptors (Lipinski definition) is 7. The zero-order valence-corrected chi connectivity index (χ0v) is 26.0. The average Bonchev–Trinajstić information content (AvgIpc) is 3.59. The van der Waals surface area contributed by atoms with Crippen LogP contribution >= 0.6 is 0 Å². The third-order valence-electron chi connectivity index (χ3n) is 8.92. The van der Waals surface area contributed by atoms with Crippen molar-refractivity contribution < 1.29 is 33.8 Å². The maximum atomic E-state index is 14.5. The van der Waals surface area contributed by atoms with Crippen molar-refractivity contribution in [1.29, 1.82) is 0 Å². The molecule has 0 aromatic rings. The van der Waals surface area contributed by atoms with Crippen LogP contribution in [0.25, 0.3) is 0 Å². The standard InChI is InChI=1S/C32H51N3O7/c1-8-11-13-25(37)33-18-22(7)41-31(40)26-24-14-15-32(42-24)27(26)29(38)35(23(19-36)17-20(4)5)28(32)30(39)34(16-10-3)21(6)12-9-2/h8,10,20-24,26-28,36H,1,3,9,11-19H2,2,4-7H3,(H,33,37)/t21?,22-,23+,24-,26+,27+,28-,32+/m0/s1. The second-order valence-corrected chi connectivity index (χ2v) is 12.6. The highest BCUT2D eigenvalue weighted by Gasteiger charge is 2.75. The maximum Gasteiger partial charge on any atom is 0.312 e. The molecule has 3 amide bonds. The summed E-state index contributed by atoms with van der Waals surface area (Å²) in [7, 11) is 0. The van der Waals surface area contributed by atoms with Gasteiger partial charge in [0.1, 0.15) is 17.7 Å². The van der Waals surface area contributed by atoms with Crippen LogP contribution < -0.4 is 5.32 Å². The molecule has 236 valence electrons. The quantitative estimate of drug-likeness (QED) is 0.197. The molecule has 3 fully saturated rings. The fraction of sp³-hybridized carbons (Fsp3) is 0.750. The molecule has 0 aliphatic carbocycles. The van der Waals surface area contributed by atoms with Crippen LogP contribution in [0.4, 0.5) is 0 Å². The van der Waals surface area contributed by atoms with Gasteiger partial charge in [-0.1, -0.05) is 39.3 Å². The largest absolute Gasteiger partial charge is 0.460 e. The Morgan fingerprint density at radius 3 is 2.55 bits per heavy atom. The zero-order chi connectivity index (χ0) is 31.2. The minimum Gasteiger partial charge on any atom is -0.460 e. The number of allylic oxidation sites excluding steroid dienone is 1. The number of carbonyl (C=O) groups excluding carboxylic acids is 4. The van der Waals surface area contributed by atoms with E-state index in [9.17, 15) is 24.3 Å². The fourth-order valence-corrected chi connectivity index (χ4v) is 7.11. The van der Waals surface area contributed by atoms with E-state index in [4.69, 9.17) is 9.47 Å². The molecular formula is C32H51N3O7. The van der Waals surface area contributed by atoms with Gasteiger partial charge in [-0.25, -0.2) is 0 Å². The van der Waals surface area contributed by atoms with Crippen LogP contribution in [0.1, 0.15) is 79.6 Å². The van der Waals surface area contributed by atoms with Gasteiger partial charge in [-0.15, -0.1) is 13.2 Å². The molecule has 8 atom stereocenters. The molecule has 42 heavy (non-hydrogen) atoms. The molecule has 3 heterocycles. The number of nitrogens with zero attached hydrogens (tertiary/aromatic N) is 2. The smallest absolute Gasteiger partial charge is 0.312 e. The predicted octanol–water partition coefficient (Wildman–Crippen LogP) is 2.99. The van der Waals surface area contributed by atoms with E-state index in [1.807, 2.05) is 20.8 Å². The molecule has 2 bridgehead atoms. The Bertz CT molecular complexity index is 1020. The molecular weight excluding hydrogens is 538 g/mol. The van der Waals surface area contributed by atoms with Gasteiger partial charge in [0.2, 0.25) is 17.7 Å². The minimum absolute atomic E-state index is 0.0903. The van der Waals surface area contributed by atoms with Crippen molar-refractivity contribution in [2.45, 2.75) is 115 Å². The van der Waals surface area contributed by atoms with Gasteiger partial charge < -0.3 is 29.7 Å². The molecule has 0 aromatic carbocycles. The summed E-state index contributed by atoms with van der Waals surface area (Å²) >= 11 is 0. The second kappa shape index (κ2) is 14.6. The van der Waals surface area contributed by atoms with E-state index in [-0.39, 0.29) is 42.8 Å². The molecule has 3 saturated heterocycles. The molecule has 2 N–H and O–H groups in total. The lowest BCUT2D eigenvalue weighted by molar-refractivity contribution is -0.160. The number of amides is 3. The first-order valence-corrected chi connectivity index (χ1v) is 15.6. The molecule has 1 unspecified atom stereocenters. The fourth-order valence-electron chi connectivity index (χ4n) is 7.11. The summed E-state index contributed by atoms with van der Waals surface area (Å²) in [6.45, 7) is 17.4. The SMILES string of the molecule is C=CCCC(=O)NC[C@H](C)OC(=O)[C@@H]1[C@@H]2CC[C@]3(O2)[C@H](C(=O)N(CC=C)C(C)CCC)N([C@@H](CO)CC(C)C)C(=O)[C@@H]13. The van der Waals surface area contributed by atoms with E-state index < -0.39 is 47.7 Å². The van der Waals surface area contributed by atoms with Crippen molar-refractivity contribution in [2.75, 3.05) is 19.7 Å². The van der Waals surface area contributed by atoms with Crippen LogP contribution in [0.5, 0.6) is 0 Å². The van der Waals surface area contributed by atoms with Gasteiger partial charge >= 0.3 is 5.97 Å². The number of fused-ring (bicyclic) bond motifs is 1. The Morgan fingerprint density at radius 1 is 1.24 bits per heavy atom. The molecule has 3 aliphatic heterocycles. The van der Waals surface area contributed by atoms with Gasteiger partial charge in [-0.05, 0) is 51.9 Å². The molecule has 0 radical (unpaired) electrons. The zero-order valence-electron chi connectivity index (χ0n) is 26.0. The van der Waals surface area contributed by atoms with Crippen molar-refractivity contribution in [2.24, 2.45) is 17.8 Å². The summed E-state index contributed by atoms with van der Waals surface area (Å²) in [6, 6.07) is -1.65. The summed E-state index contributed by atoms with van der Waals surface area (Å²) in [5.74, 6) is -2.90. The summed E-state index contributed by atoms with van der Waals surface area (Å²) in [6.07, 6.45) is 6.19. The Morgan fingerprint density at radius 2 is 1.95 bits per heavy atom. The van der Waals surface area contributed by atoms with E-state index >= 15 is 0 Å². The summed E-state index contributed by atoms with van der Waals surface area (Å²) in [4.78, 5) is 57.7. The van der Waals surface area contributed by atoms with Gasteiger partial charge in [0, 0.05) is 19.0 Å². The molecule has 0 aromatic heterocycles. The van der Waals surface area contributed by atoms with E-state index in [1.165, 1.54) is 4.90 Å². The first kappa shape index (κ1) is 33.8. The number of ether oxygens (including phenoxy) is 2. The normalized spacial score (nSPS) is 28.3.